The van der Waals surface area contributed by atoms with E-state index >= 15 is 0 Å². The number of para-hydroxylation sites is 1. The summed E-state index contributed by atoms with van der Waals surface area (Å²) < 4.78 is 5.30. The second-order valence-electron chi connectivity index (χ2n) is 3.70. The van der Waals surface area contributed by atoms with Crippen LogP contribution >= 0.6 is 0 Å². The number of nitrogens with one attached hydrogen (secondary N) is 1. The van der Waals surface area contributed by atoms with Gasteiger partial charge in [-0.2, -0.15) is 0 Å². The van der Waals surface area contributed by atoms with Crippen molar-refractivity contribution >= 4 is 10.9 Å². The second-order valence-corrected chi connectivity index (χ2v) is 3.70. The summed E-state index contributed by atoms with van der Waals surface area (Å²) in [6.07, 6.45) is -0.348. The fourth-order valence-electron chi connectivity index (χ4n) is 1.61. The van der Waals surface area contributed by atoms with E-state index < -0.39 is 0 Å². The van der Waals surface area contributed by atoms with Crippen LogP contribution in [-0.2, 0) is 4.74 Å². The molecule has 0 spiro atoms. The van der Waals surface area contributed by atoms with Gasteiger partial charge in [-0.15, -0.1) is 0 Å². The zero-order valence-electron chi connectivity index (χ0n) is 9.51. The van der Waals surface area contributed by atoms with E-state index in [9.17, 15) is 4.79 Å². The highest BCUT2D eigenvalue weighted by atomic mass is 16.5. The minimum Gasteiger partial charge on any atom is -0.394 e. The number of fused-ring (bicyclic) bond motifs is 1. The highest BCUT2D eigenvalue weighted by Gasteiger charge is 2.10. The highest BCUT2D eigenvalue weighted by Crippen LogP contribution is 2.13. The zero-order valence-corrected chi connectivity index (χ0v) is 9.51. The molecule has 0 bridgehead atoms. The maximum atomic E-state index is 11.8. The second kappa shape index (κ2) is 5.07. The number of rotatable bonds is 4. The lowest BCUT2D eigenvalue weighted by Gasteiger charge is -2.11. The van der Waals surface area contributed by atoms with E-state index in [0.29, 0.717) is 16.7 Å². The van der Waals surface area contributed by atoms with Crippen molar-refractivity contribution in [1.29, 1.82) is 0 Å². The minimum absolute atomic E-state index is 0.0534. The Morgan fingerprint density at radius 1 is 1.47 bits per heavy atom. The number of nitrogens with zero attached hydrogens (tertiary/aromatic N) is 1. The van der Waals surface area contributed by atoms with E-state index in [0.717, 1.165) is 0 Å². The summed E-state index contributed by atoms with van der Waals surface area (Å²) in [6.45, 7) is 1.95. The topological polar surface area (TPSA) is 75.2 Å². The number of H-pyrrole nitrogens is 1. The quantitative estimate of drug-likeness (QED) is 0.827. The van der Waals surface area contributed by atoms with Crippen molar-refractivity contribution in [1.82, 2.24) is 9.97 Å². The lowest BCUT2D eigenvalue weighted by Crippen LogP contribution is -2.16. The molecular weight excluding hydrogens is 220 g/mol. The van der Waals surface area contributed by atoms with Crippen molar-refractivity contribution in [3.8, 4) is 0 Å². The smallest absolute Gasteiger partial charge is 0.258 e. The fourth-order valence-corrected chi connectivity index (χ4v) is 1.61. The molecule has 0 fully saturated rings. The minimum atomic E-state index is -0.348. The highest BCUT2D eigenvalue weighted by molar-refractivity contribution is 5.77. The number of aromatic amines is 1. The number of hydrogen-bond donors (Lipinski definition) is 2. The van der Waals surface area contributed by atoms with Gasteiger partial charge in [0.05, 0.1) is 24.1 Å². The van der Waals surface area contributed by atoms with Crippen molar-refractivity contribution in [3.05, 3.63) is 40.4 Å². The first kappa shape index (κ1) is 11.8. The van der Waals surface area contributed by atoms with E-state index in [4.69, 9.17) is 9.84 Å². The summed E-state index contributed by atoms with van der Waals surface area (Å²) in [5.74, 6) is 0.474. The van der Waals surface area contributed by atoms with Crippen molar-refractivity contribution in [2.24, 2.45) is 0 Å². The molecule has 0 unspecified atom stereocenters. The van der Waals surface area contributed by atoms with Crippen LogP contribution in [0.15, 0.2) is 29.1 Å². The lowest BCUT2D eigenvalue weighted by molar-refractivity contribution is 0.0338. The fraction of sp³-hybridized carbons (Fsp3) is 0.333. The number of aromatic nitrogens is 2. The van der Waals surface area contributed by atoms with E-state index in [1.807, 2.05) is 6.07 Å². The van der Waals surface area contributed by atoms with E-state index in [-0.39, 0.29) is 24.9 Å². The molecule has 0 saturated carbocycles. The Labute approximate surface area is 98.1 Å². The first-order valence-corrected chi connectivity index (χ1v) is 5.44. The summed E-state index contributed by atoms with van der Waals surface area (Å²) in [4.78, 5) is 18.8. The third-order valence-electron chi connectivity index (χ3n) is 2.48. The van der Waals surface area contributed by atoms with Crippen molar-refractivity contribution in [2.45, 2.75) is 13.0 Å². The van der Waals surface area contributed by atoms with Gasteiger partial charge >= 0.3 is 0 Å². The summed E-state index contributed by atoms with van der Waals surface area (Å²) in [7, 11) is 0. The molecule has 1 atom stereocenters. The Bertz CT molecular complexity index is 565. The number of aliphatic hydroxyl groups is 1. The Kier molecular flexibility index (Phi) is 3.51. The van der Waals surface area contributed by atoms with Gasteiger partial charge in [-0.05, 0) is 19.1 Å². The third kappa shape index (κ3) is 2.51. The Morgan fingerprint density at radius 2 is 2.24 bits per heavy atom. The molecule has 2 rings (SSSR count). The lowest BCUT2D eigenvalue weighted by atomic mass is 10.2. The van der Waals surface area contributed by atoms with E-state index in [1.165, 1.54) is 0 Å². The van der Waals surface area contributed by atoms with Crippen LogP contribution in [-0.4, -0.2) is 28.3 Å². The standard InChI is InChI=1S/C12H14N2O3/c1-8(17-7-6-15)11-13-10-5-3-2-4-9(10)12(16)14-11/h2-5,8,15H,6-7H2,1H3,(H,13,14,16)/t8-/m1/s1. The van der Waals surface area contributed by atoms with Gasteiger partial charge in [-0.3, -0.25) is 4.79 Å². The van der Waals surface area contributed by atoms with Crippen LogP contribution in [0.1, 0.15) is 18.9 Å². The van der Waals surface area contributed by atoms with Gasteiger partial charge in [0.25, 0.3) is 5.56 Å². The number of benzene rings is 1. The summed E-state index contributed by atoms with van der Waals surface area (Å²) in [5, 5.41) is 9.23. The predicted octanol–water partition coefficient (Wildman–Crippen LogP) is 0.993. The molecule has 2 aromatic rings. The number of ether oxygens (including phenoxy) is 1. The molecule has 1 aromatic heterocycles. The average molecular weight is 234 g/mol. The Hall–Kier alpha value is -1.72. The normalized spacial score (nSPS) is 12.8. The van der Waals surface area contributed by atoms with Gasteiger partial charge in [-0.1, -0.05) is 12.1 Å². The average Bonchev–Trinajstić information content (AvgIpc) is 2.36. The van der Waals surface area contributed by atoms with Gasteiger partial charge in [0.1, 0.15) is 11.9 Å². The molecule has 0 aliphatic carbocycles. The van der Waals surface area contributed by atoms with Crippen LogP contribution in [0.25, 0.3) is 10.9 Å². The molecule has 1 aromatic carbocycles. The van der Waals surface area contributed by atoms with Crippen LogP contribution in [0.5, 0.6) is 0 Å². The van der Waals surface area contributed by atoms with E-state index in [1.54, 1.807) is 25.1 Å². The number of aliphatic hydroxyl groups excluding tert-OH is 1. The summed E-state index contributed by atoms with van der Waals surface area (Å²) >= 11 is 0. The van der Waals surface area contributed by atoms with Gasteiger partial charge in [0.15, 0.2) is 0 Å². The monoisotopic (exact) mass is 234 g/mol. The number of hydrogen-bond acceptors (Lipinski definition) is 4. The SMILES string of the molecule is C[C@@H](OCCO)c1nc2ccccc2c(=O)[nH]1. The molecule has 17 heavy (non-hydrogen) atoms. The zero-order chi connectivity index (χ0) is 12.3. The van der Waals surface area contributed by atoms with Crippen LogP contribution in [0.3, 0.4) is 0 Å². The largest absolute Gasteiger partial charge is 0.394 e. The van der Waals surface area contributed by atoms with Crippen LogP contribution in [0, 0.1) is 0 Å². The van der Waals surface area contributed by atoms with Gasteiger partial charge in [0.2, 0.25) is 0 Å². The van der Waals surface area contributed by atoms with Crippen molar-refractivity contribution < 1.29 is 9.84 Å². The van der Waals surface area contributed by atoms with Gasteiger partial charge in [-0.25, -0.2) is 4.98 Å². The predicted molar refractivity (Wildman–Crippen MR) is 63.8 cm³/mol. The molecule has 0 saturated heterocycles. The van der Waals surface area contributed by atoms with Crippen LogP contribution in [0.2, 0.25) is 0 Å². The Balaban J connectivity index is 2.39. The Morgan fingerprint density at radius 3 is 3.00 bits per heavy atom. The first-order chi connectivity index (χ1) is 8.22. The third-order valence-corrected chi connectivity index (χ3v) is 2.48. The molecule has 5 nitrogen and oxygen atoms in total. The van der Waals surface area contributed by atoms with E-state index in [2.05, 4.69) is 9.97 Å². The van der Waals surface area contributed by atoms with Crippen LogP contribution in [0.4, 0.5) is 0 Å². The van der Waals surface area contributed by atoms with Gasteiger partial charge in [0, 0.05) is 0 Å². The molecule has 0 aliphatic rings. The summed E-state index contributed by atoms with van der Waals surface area (Å²) in [6, 6.07) is 7.14. The van der Waals surface area contributed by atoms with Crippen LogP contribution < -0.4 is 5.56 Å². The molecule has 5 heteroatoms. The maximum absolute atomic E-state index is 11.8. The van der Waals surface area contributed by atoms with Crippen molar-refractivity contribution in [3.63, 3.8) is 0 Å². The maximum Gasteiger partial charge on any atom is 0.258 e. The first-order valence-electron chi connectivity index (χ1n) is 5.44. The summed E-state index contributed by atoms with van der Waals surface area (Å²) in [5.41, 5.74) is 0.468. The van der Waals surface area contributed by atoms with Gasteiger partial charge < -0.3 is 14.8 Å². The molecule has 2 N–H and O–H groups in total. The van der Waals surface area contributed by atoms with Crippen molar-refractivity contribution in [2.75, 3.05) is 13.2 Å². The molecule has 0 amide bonds. The molecule has 0 aliphatic heterocycles. The molecule has 0 radical (unpaired) electrons. The molecule has 1 heterocycles. The molecular formula is C12H14N2O3. The molecule has 90 valence electrons.